The van der Waals surface area contributed by atoms with Crippen molar-refractivity contribution >= 4 is 11.6 Å². The Morgan fingerprint density at radius 2 is 1.90 bits per heavy atom. The van der Waals surface area contributed by atoms with Crippen LogP contribution in [0.4, 0.5) is 5.69 Å². The van der Waals surface area contributed by atoms with E-state index in [1.54, 1.807) is 24.3 Å². The van der Waals surface area contributed by atoms with Crippen LogP contribution < -0.4 is 10.6 Å². The zero-order valence-electron chi connectivity index (χ0n) is 11.7. The molecule has 1 aliphatic carbocycles. The molecule has 2 N–H and O–H groups in total. The highest BCUT2D eigenvalue weighted by atomic mass is 16.1. The second-order valence-corrected chi connectivity index (χ2v) is 5.28. The molecule has 0 spiro atoms. The summed E-state index contributed by atoms with van der Waals surface area (Å²) in [6, 6.07) is 9.56. The Morgan fingerprint density at radius 1 is 1.20 bits per heavy atom. The standard InChI is InChI=1S/C16H21N3O/c17-12-13-6-8-15(9-7-13)19-16(20)10-11-18-14-4-2-1-3-5-14/h6-9,14,18H,1-5,10-11H2,(H,19,20). The first-order chi connectivity index (χ1) is 9.78. The van der Waals surface area contributed by atoms with Crippen molar-refractivity contribution in [3.05, 3.63) is 29.8 Å². The normalized spacial score (nSPS) is 15.6. The van der Waals surface area contributed by atoms with Crippen LogP contribution >= 0.6 is 0 Å². The second kappa shape index (κ2) is 7.66. The lowest BCUT2D eigenvalue weighted by Gasteiger charge is -2.22. The van der Waals surface area contributed by atoms with Gasteiger partial charge in [-0.25, -0.2) is 0 Å². The van der Waals surface area contributed by atoms with E-state index in [-0.39, 0.29) is 5.91 Å². The third-order valence-electron chi connectivity index (χ3n) is 3.69. The molecule has 20 heavy (non-hydrogen) atoms. The highest BCUT2D eigenvalue weighted by Gasteiger charge is 2.12. The van der Waals surface area contributed by atoms with Gasteiger partial charge in [0.15, 0.2) is 0 Å². The maximum atomic E-state index is 11.8. The average molecular weight is 271 g/mol. The van der Waals surface area contributed by atoms with Crippen molar-refractivity contribution < 1.29 is 4.79 Å². The largest absolute Gasteiger partial charge is 0.326 e. The molecule has 0 aliphatic heterocycles. The first kappa shape index (κ1) is 14.5. The number of nitriles is 1. The fraction of sp³-hybridized carbons (Fsp3) is 0.500. The van der Waals surface area contributed by atoms with E-state index in [0.29, 0.717) is 18.0 Å². The number of hydrogen-bond acceptors (Lipinski definition) is 3. The molecule has 0 heterocycles. The molecule has 0 aromatic heterocycles. The van der Waals surface area contributed by atoms with Crippen LogP contribution in [-0.4, -0.2) is 18.5 Å². The molecule has 4 nitrogen and oxygen atoms in total. The molecular weight excluding hydrogens is 250 g/mol. The molecule has 0 unspecified atom stereocenters. The summed E-state index contributed by atoms with van der Waals surface area (Å²) in [5.41, 5.74) is 1.34. The summed E-state index contributed by atoms with van der Waals surface area (Å²) in [4.78, 5) is 11.8. The molecule has 1 aromatic rings. The Labute approximate surface area is 120 Å². The maximum Gasteiger partial charge on any atom is 0.225 e. The van der Waals surface area contributed by atoms with Crippen molar-refractivity contribution in [2.75, 3.05) is 11.9 Å². The summed E-state index contributed by atoms with van der Waals surface area (Å²) in [5.74, 6) is 0.0121. The van der Waals surface area contributed by atoms with Gasteiger partial charge in [-0.2, -0.15) is 5.26 Å². The number of hydrogen-bond donors (Lipinski definition) is 2. The van der Waals surface area contributed by atoms with Crippen LogP contribution in [0.15, 0.2) is 24.3 Å². The summed E-state index contributed by atoms with van der Waals surface area (Å²) in [7, 11) is 0. The fourth-order valence-electron chi connectivity index (χ4n) is 2.55. The van der Waals surface area contributed by atoms with Crippen molar-refractivity contribution in [1.82, 2.24) is 5.32 Å². The summed E-state index contributed by atoms with van der Waals surface area (Å²) in [5, 5.41) is 15.0. The molecule has 106 valence electrons. The average Bonchev–Trinajstić information content (AvgIpc) is 2.49. The molecule has 1 amide bonds. The summed E-state index contributed by atoms with van der Waals surface area (Å²) in [6.45, 7) is 0.729. The number of carbonyl (C=O) groups is 1. The van der Waals surface area contributed by atoms with Crippen molar-refractivity contribution in [2.45, 2.75) is 44.6 Å². The fourth-order valence-corrected chi connectivity index (χ4v) is 2.55. The summed E-state index contributed by atoms with van der Waals surface area (Å²) >= 11 is 0. The molecule has 0 radical (unpaired) electrons. The van der Waals surface area contributed by atoms with E-state index in [1.165, 1.54) is 32.1 Å². The predicted octanol–water partition coefficient (Wildman–Crippen LogP) is 2.81. The van der Waals surface area contributed by atoms with Gasteiger partial charge >= 0.3 is 0 Å². The highest BCUT2D eigenvalue weighted by Crippen LogP contribution is 2.17. The predicted molar refractivity (Wildman–Crippen MR) is 79.3 cm³/mol. The Morgan fingerprint density at radius 3 is 2.55 bits per heavy atom. The van der Waals surface area contributed by atoms with Crippen LogP contribution in [0.3, 0.4) is 0 Å². The quantitative estimate of drug-likeness (QED) is 0.865. The first-order valence-corrected chi connectivity index (χ1v) is 7.31. The van der Waals surface area contributed by atoms with Crippen LogP contribution in [0.25, 0.3) is 0 Å². The molecule has 0 saturated heterocycles. The number of nitrogens with zero attached hydrogens (tertiary/aromatic N) is 1. The molecule has 4 heteroatoms. The first-order valence-electron chi connectivity index (χ1n) is 7.31. The number of amides is 1. The minimum Gasteiger partial charge on any atom is -0.326 e. The topological polar surface area (TPSA) is 64.9 Å². The van der Waals surface area contributed by atoms with Gasteiger partial charge < -0.3 is 10.6 Å². The van der Waals surface area contributed by atoms with E-state index in [2.05, 4.69) is 16.7 Å². The van der Waals surface area contributed by atoms with Crippen molar-refractivity contribution in [1.29, 1.82) is 5.26 Å². The number of carbonyl (C=O) groups excluding carboxylic acids is 1. The molecule has 2 rings (SSSR count). The Hall–Kier alpha value is -1.86. The van der Waals surface area contributed by atoms with E-state index < -0.39 is 0 Å². The van der Waals surface area contributed by atoms with Gasteiger partial charge in [-0.1, -0.05) is 19.3 Å². The monoisotopic (exact) mass is 271 g/mol. The van der Waals surface area contributed by atoms with Gasteiger partial charge in [0.1, 0.15) is 0 Å². The third-order valence-corrected chi connectivity index (χ3v) is 3.69. The van der Waals surface area contributed by atoms with Crippen molar-refractivity contribution in [3.8, 4) is 6.07 Å². The van der Waals surface area contributed by atoms with Gasteiger partial charge in [0, 0.05) is 24.7 Å². The lowest BCUT2D eigenvalue weighted by Crippen LogP contribution is -2.33. The van der Waals surface area contributed by atoms with Crippen molar-refractivity contribution in [3.63, 3.8) is 0 Å². The van der Waals surface area contributed by atoms with E-state index in [9.17, 15) is 4.79 Å². The van der Waals surface area contributed by atoms with Gasteiger partial charge in [-0.05, 0) is 37.1 Å². The van der Waals surface area contributed by atoms with Crippen molar-refractivity contribution in [2.24, 2.45) is 0 Å². The van der Waals surface area contributed by atoms with Gasteiger partial charge in [0.05, 0.1) is 11.6 Å². The van der Waals surface area contributed by atoms with Gasteiger partial charge in [-0.15, -0.1) is 0 Å². The van der Waals surface area contributed by atoms with Crippen LogP contribution in [0.5, 0.6) is 0 Å². The number of anilines is 1. The molecule has 1 fully saturated rings. The maximum absolute atomic E-state index is 11.8. The van der Waals surface area contributed by atoms with Gasteiger partial charge in [0.2, 0.25) is 5.91 Å². The zero-order chi connectivity index (χ0) is 14.2. The molecule has 1 aromatic carbocycles. The highest BCUT2D eigenvalue weighted by molar-refractivity contribution is 5.90. The second-order valence-electron chi connectivity index (χ2n) is 5.28. The Balaban J connectivity index is 1.68. The Bertz CT molecular complexity index is 469. The SMILES string of the molecule is N#Cc1ccc(NC(=O)CCNC2CCCCC2)cc1. The smallest absolute Gasteiger partial charge is 0.225 e. The molecule has 0 atom stereocenters. The van der Waals surface area contributed by atoms with E-state index in [0.717, 1.165) is 12.2 Å². The summed E-state index contributed by atoms with van der Waals surface area (Å²) in [6.07, 6.45) is 6.90. The molecule has 1 aliphatic rings. The minimum absolute atomic E-state index is 0.0121. The van der Waals surface area contributed by atoms with E-state index in [4.69, 9.17) is 5.26 Å². The molecule has 1 saturated carbocycles. The molecular formula is C16H21N3O. The Kier molecular flexibility index (Phi) is 5.57. The van der Waals surface area contributed by atoms with Gasteiger partial charge in [-0.3, -0.25) is 4.79 Å². The van der Waals surface area contributed by atoms with Crippen LogP contribution in [-0.2, 0) is 4.79 Å². The number of rotatable bonds is 5. The van der Waals surface area contributed by atoms with E-state index >= 15 is 0 Å². The zero-order valence-corrected chi connectivity index (χ0v) is 11.7. The van der Waals surface area contributed by atoms with Crippen LogP contribution in [0, 0.1) is 11.3 Å². The van der Waals surface area contributed by atoms with Crippen LogP contribution in [0.1, 0.15) is 44.1 Å². The lowest BCUT2D eigenvalue weighted by atomic mass is 9.95. The molecule has 0 bridgehead atoms. The summed E-state index contributed by atoms with van der Waals surface area (Å²) < 4.78 is 0. The number of benzene rings is 1. The van der Waals surface area contributed by atoms with Crippen LogP contribution in [0.2, 0.25) is 0 Å². The van der Waals surface area contributed by atoms with Gasteiger partial charge in [0.25, 0.3) is 0 Å². The number of nitrogens with one attached hydrogen (secondary N) is 2. The lowest BCUT2D eigenvalue weighted by molar-refractivity contribution is -0.116. The van der Waals surface area contributed by atoms with E-state index in [1.807, 2.05) is 0 Å². The minimum atomic E-state index is 0.0121. The third kappa shape index (κ3) is 4.67.